The third-order valence-electron chi connectivity index (χ3n) is 2.64. The van der Waals surface area contributed by atoms with Gasteiger partial charge in [-0.1, -0.05) is 35.3 Å². The van der Waals surface area contributed by atoms with Gasteiger partial charge in [0, 0.05) is 5.02 Å². The van der Waals surface area contributed by atoms with Crippen molar-refractivity contribution in [2.45, 2.75) is 0 Å². The molecule has 0 unspecified atom stereocenters. The van der Waals surface area contributed by atoms with Crippen LogP contribution in [0.2, 0.25) is 10.0 Å². The van der Waals surface area contributed by atoms with Crippen LogP contribution in [0.1, 0.15) is 10.4 Å². The van der Waals surface area contributed by atoms with Crippen molar-refractivity contribution in [1.29, 1.82) is 0 Å². The summed E-state index contributed by atoms with van der Waals surface area (Å²) in [5, 5.41) is 0.949. The molecule has 2 aromatic carbocycles. The maximum atomic E-state index is 11.3. The second-order valence-corrected chi connectivity index (χ2v) is 4.98. The zero-order valence-corrected chi connectivity index (χ0v) is 12.5. The minimum Gasteiger partial charge on any atom is -0.489 e. The van der Waals surface area contributed by atoms with E-state index < -0.39 is 5.91 Å². The number of para-hydroxylation sites is 1. The Morgan fingerprint density at radius 3 is 2.33 bits per heavy atom. The molecule has 0 atom stereocenters. The summed E-state index contributed by atoms with van der Waals surface area (Å²) in [5.74, 6) is 0.350. The molecule has 2 aromatic rings. The SMILES string of the molecule is NC(=O)c1cc(Cl)ccc1OCCOc1ccccc1Cl. The molecule has 0 fully saturated rings. The molecule has 1 amide bonds. The van der Waals surface area contributed by atoms with E-state index in [1.807, 2.05) is 12.1 Å². The van der Waals surface area contributed by atoms with E-state index in [0.717, 1.165) is 0 Å². The zero-order chi connectivity index (χ0) is 15.2. The Balaban J connectivity index is 1.92. The third-order valence-corrected chi connectivity index (χ3v) is 3.19. The first-order valence-electron chi connectivity index (χ1n) is 6.17. The molecule has 2 N–H and O–H groups in total. The lowest BCUT2D eigenvalue weighted by Gasteiger charge is -2.11. The summed E-state index contributed by atoms with van der Waals surface area (Å²) < 4.78 is 11.0. The van der Waals surface area contributed by atoms with Gasteiger partial charge >= 0.3 is 0 Å². The van der Waals surface area contributed by atoms with Crippen LogP contribution >= 0.6 is 23.2 Å². The molecule has 0 radical (unpaired) electrons. The smallest absolute Gasteiger partial charge is 0.252 e. The molecule has 0 aromatic heterocycles. The molecule has 0 spiro atoms. The van der Waals surface area contributed by atoms with Gasteiger partial charge in [-0.05, 0) is 30.3 Å². The molecular formula is C15H13Cl2NO3. The fourth-order valence-corrected chi connectivity index (χ4v) is 2.05. The molecule has 6 heteroatoms. The van der Waals surface area contributed by atoms with E-state index in [1.165, 1.54) is 6.07 Å². The van der Waals surface area contributed by atoms with Crippen molar-refractivity contribution in [1.82, 2.24) is 0 Å². The van der Waals surface area contributed by atoms with Crippen LogP contribution in [0.25, 0.3) is 0 Å². The molecule has 0 heterocycles. The molecule has 0 aliphatic carbocycles. The highest BCUT2D eigenvalue weighted by Gasteiger charge is 2.10. The van der Waals surface area contributed by atoms with Crippen molar-refractivity contribution in [3.63, 3.8) is 0 Å². The zero-order valence-electron chi connectivity index (χ0n) is 11.0. The van der Waals surface area contributed by atoms with Gasteiger partial charge in [0.05, 0.1) is 10.6 Å². The van der Waals surface area contributed by atoms with Gasteiger partial charge in [-0.3, -0.25) is 4.79 Å². The van der Waals surface area contributed by atoms with Gasteiger partial charge in [-0.2, -0.15) is 0 Å². The largest absolute Gasteiger partial charge is 0.489 e. The van der Waals surface area contributed by atoms with Crippen molar-refractivity contribution < 1.29 is 14.3 Å². The summed E-state index contributed by atoms with van der Waals surface area (Å²) in [6.45, 7) is 0.525. The maximum Gasteiger partial charge on any atom is 0.252 e. The lowest BCUT2D eigenvalue weighted by atomic mass is 10.2. The van der Waals surface area contributed by atoms with Crippen LogP contribution in [0.5, 0.6) is 11.5 Å². The Morgan fingerprint density at radius 2 is 1.67 bits per heavy atom. The number of ether oxygens (including phenoxy) is 2. The third kappa shape index (κ3) is 4.28. The lowest BCUT2D eigenvalue weighted by molar-refractivity contribution is 0.0995. The molecule has 110 valence electrons. The minimum absolute atomic E-state index is 0.236. The summed E-state index contributed by atoms with van der Waals surface area (Å²) >= 11 is 11.8. The first-order chi connectivity index (χ1) is 10.1. The first-order valence-corrected chi connectivity index (χ1v) is 6.93. The van der Waals surface area contributed by atoms with Gasteiger partial charge in [-0.25, -0.2) is 0 Å². The number of primary amides is 1. The van der Waals surface area contributed by atoms with E-state index in [-0.39, 0.29) is 18.8 Å². The van der Waals surface area contributed by atoms with Gasteiger partial charge in [0.1, 0.15) is 24.7 Å². The predicted octanol–water partition coefficient (Wildman–Crippen LogP) is 3.55. The summed E-state index contributed by atoms with van der Waals surface area (Å²) in [6, 6.07) is 11.8. The highest BCUT2D eigenvalue weighted by atomic mass is 35.5. The lowest BCUT2D eigenvalue weighted by Crippen LogP contribution is -2.15. The minimum atomic E-state index is -0.598. The number of nitrogens with two attached hydrogens (primary N) is 1. The summed E-state index contributed by atoms with van der Waals surface area (Å²) in [6.07, 6.45) is 0. The second-order valence-electron chi connectivity index (χ2n) is 4.13. The van der Waals surface area contributed by atoms with Crippen molar-refractivity contribution in [3.05, 3.63) is 58.1 Å². The van der Waals surface area contributed by atoms with Gasteiger partial charge in [0.15, 0.2) is 0 Å². The van der Waals surface area contributed by atoms with Crippen molar-refractivity contribution in [2.75, 3.05) is 13.2 Å². The predicted molar refractivity (Wildman–Crippen MR) is 82.4 cm³/mol. The average Bonchev–Trinajstić information content (AvgIpc) is 2.46. The first kappa shape index (κ1) is 15.5. The van der Waals surface area contributed by atoms with E-state index in [1.54, 1.807) is 24.3 Å². The van der Waals surface area contributed by atoms with Crippen LogP contribution in [0, 0.1) is 0 Å². The van der Waals surface area contributed by atoms with Crippen LogP contribution in [-0.2, 0) is 0 Å². The Kier molecular flexibility index (Phi) is 5.31. The summed E-state index contributed by atoms with van der Waals surface area (Å²) in [4.78, 5) is 11.3. The number of rotatable bonds is 6. The molecule has 0 saturated heterocycles. The summed E-state index contributed by atoms with van der Waals surface area (Å²) in [7, 11) is 0. The van der Waals surface area contributed by atoms with Crippen LogP contribution in [0.4, 0.5) is 0 Å². The number of carbonyl (C=O) groups excluding carboxylic acids is 1. The fraction of sp³-hybridized carbons (Fsp3) is 0.133. The quantitative estimate of drug-likeness (QED) is 0.826. The van der Waals surface area contributed by atoms with E-state index in [9.17, 15) is 4.79 Å². The standard InChI is InChI=1S/C15H13Cl2NO3/c16-10-5-6-13(11(9-10)15(18)19)20-7-8-21-14-4-2-1-3-12(14)17/h1-6,9H,7-8H2,(H2,18,19). The second kappa shape index (κ2) is 7.20. The number of halogens is 2. The van der Waals surface area contributed by atoms with Gasteiger partial charge in [-0.15, -0.1) is 0 Å². The highest BCUT2D eigenvalue weighted by Crippen LogP contribution is 2.24. The Labute approximate surface area is 132 Å². The molecule has 0 aliphatic heterocycles. The van der Waals surface area contributed by atoms with E-state index in [4.69, 9.17) is 38.4 Å². The van der Waals surface area contributed by atoms with Gasteiger partial charge in [0.25, 0.3) is 5.91 Å². The Morgan fingerprint density at radius 1 is 1.00 bits per heavy atom. The highest BCUT2D eigenvalue weighted by molar-refractivity contribution is 6.32. The molecule has 0 saturated carbocycles. The molecular weight excluding hydrogens is 313 g/mol. The van der Waals surface area contributed by atoms with Gasteiger partial charge < -0.3 is 15.2 Å². The number of carbonyl (C=O) groups is 1. The average molecular weight is 326 g/mol. The summed E-state index contributed by atoms with van der Waals surface area (Å²) in [5.41, 5.74) is 5.51. The molecule has 21 heavy (non-hydrogen) atoms. The molecule has 0 aliphatic rings. The number of hydrogen-bond acceptors (Lipinski definition) is 3. The van der Waals surface area contributed by atoms with E-state index in [0.29, 0.717) is 21.5 Å². The fourth-order valence-electron chi connectivity index (χ4n) is 1.69. The monoisotopic (exact) mass is 325 g/mol. The molecule has 4 nitrogen and oxygen atoms in total. The normalized spacial score (nSPS) is 10.2. The number of hydrogen-bond donors (Lipinski definition) is 1. The van der Waals surface area contributed by atoms with E-state index in [2.05, 4.69) is 0 Å². The van der Waals surface area contributed by atoms with Crippen LogP contribution < -0.4 is 15.2 Å². The molecule has 2 rings (SSSR count). The number of amides is 1. The van der Waals surface area contributed by atoms with Crippen molar-refractivity contribution >= 4 is 29.1 Å². The number of benzene rings is 2. The maximum absolute atomic E-state index is 11.3. The topological polar surface area (TPSA) is 61.6 Å². The van der Waals surface area contributed by atoms with Crippen molar-refractivity contribution in [2.24, 2.45) is 5.73 Å². The van der Waals surface area contributed by atoms with Gasteiger partial charge in [0.2, 0.25) is 0 Å². The van der Waals surface area contributed by atoms with Crippen LogP contribution in [0.3, 0.4) is 0 Å². The van der Waals surface area contributed by atoms with E-state index >= 15 is 0 Å². The Hall–Kier alpha value is -1.91. The van der Waals surface area contributed by atoms with Crippen molar-refractivity contribution in [3.8, 4) is 11.5 Å². The van der Waals surface area contributed by atoms with Crippen LogP contribution in [0.15, 0.2) is 42.5 Å². The Bertz CT molecular complexity index is 647. The van der Waals surface area contributed by atoms with Crippen LogP contribution in [-0.4, -0.2) is 19.1 Å². The molecule has 0 bridgehead atoms.